The zero-order valence-electron chi connectivity index (χ0n) is 11.9. The number of aryl methyl sites for hydroxylation is 1. The van der Waals surface area contributed by atoms with Gasteiger partial charge in [0.25, 0.3) is 5.91 Å². The van der Waals surface area contributed by atoms with E-state index in [-0.39, 0.29) is 5.91 Å². The van der Waals surface area contributed by atoms with Crippen molar-refractivity contribution in [1.82, 2.24) is 4.90 Å². The Morgan fingerprint density at radius 3 is 2.35 bits per heavy atom. The maximum Gasteiger partial charge on any atom is 0.253 e. The van der Waals surface area contributed by atoms with Gasteiger partial charge in [0.1, 0.15) is 14.9 Å². The molecule has 0 atom stereocenters. The van der Waals surface area contributed by atoms with Crippen LogP contribution in [-0.2, 0) is 13.5 Å². The maximum atomic E-state index is 12.2. The van der Waals surface area contributed by atoms with E-state index in [2.05, 4.69) is 12.1 Å². The van der Waals surface area contributed by atoms with Crippen LogP contribution in [0.5, 0.6) is 0 Å². The highest BCUT2D eigenvalue weighted by atomic mass is 16.2. The van der Waals surface area contributed by atoms with Gasteiger partial charge in [-0.25, -0.2) is 4.57 Å². The number of benzene rings is 1. The topological polar surface area (TPSA) is 24.2 Å². The van der Waals surface area contributed by atoms with E-state index >= 15 is 0 Å². The lowest BCUT2D eigenvalue weighted by molar-refractivity contribution is -0.671. The van der Waals surface area contributed by atoms with E-state index in [0.717, 1.165) is 6.42 Å². The standard InChI is InChI=1S/C16H18BN2O/c1-18-10-7-13(8-11-18)9-12-19(2)16(20)14-3-5-15(17)6-4-14/h3-8,10-11H,9,12H2,1-2H3/q+1. The Morgan fingerprint density at radius 1 is 1.15 bits per heavy atom. The SMILES string of the molecule is [B]c1ccc(C(=O)N(C)CCc2cc[n+](C)cc2)cc1. The molecule has 4 heteroatoms. The molecule has 3 nitrogen and oxygen atoms in total. The smallest absolute Gasteiger partial charge is 0.253 e. The zero-order chi connectivity index (χ0) is 14.5. The Balaban J connectivity index is 1.94. The molecule has 0 saturated carbocycles. The quantitative estimate of drug-likeness (QED) is 0.587. The van der Waals surface area contributed by atoms with Crippen LogP contribution < -0.4 is 10.0 Å². The van der Waals surface area contributed by atoms with Gasteiger partial charge >= 0.3 is 0 Å². The fourth-order valence-corrected chi connectivity index (χ4v) is 1.94. The second-order valence-electron chi connectivity index (χ2n) is 4.97. The second-order valence-corrected chi connectivity index (χ2v) is 4.97. The highest BCUT2D eigenvalue weighted by Gasteiger charge is 2.11. The summed E-state index contributed by atoms with van der Waals surface area (Å²) < 4.78 is 1.99. The monoisotopic (exact) mass is 265 g/mol. The molecule has 1 heterocycles. The summed E-state index contributed by atoms with van der Waals surface area (Å²) in [5.74, 6) is 0.0199. The molecule has 0 aliphatic carbocycles. The largest absolute Gasteiger partial charge is 0.341 e. The fourth-order valence-electron chi connectivity index (χ4n) is 1.94. The third-order valence-corrected chi connectivity index (χ3v) is 3.29. The normalized spacial score (nSPS) is 10.3. The van der Waals surface area contributed by atoms with Crippen molar-refractivity contribution in [2.24, 2.45) is 7.05 Å². The molecular weight excluding hydrogens is 247 g/mol. The van der Waals surface area contributed by atoms with Gasteiger partial charge in [-0.15, -0.1) is 0 Å². The van der Waals surface area contributed by atoms with Crippen LogP contribution >= 0.6 is 0 Å². The average molecular weight is 265 g/mol. The van der Waals surface area contributed by atoms with E-state index in [4.69, 9.17) is 7.85 Å². The van der Waals surface area contributed by atoms with Gasteiger partial charge in [0, 0.05) is 31.3 Å². The molecule has 0 unspecified atom stereocenters. The lowest BCUT2D eigenvalue weighted by atomic mass is 9.95. The number of carbonyl (C=O) groups is 1. The van der Waals surface area contributed by atoms with Crippen molar-refractivity contribution in [3.63, 3.8) is 0 Å². The summed E-state index contributed by atoms with van der Waals surface area (Å²) in [6.07, 6.45) is 4.87. The number of rotatable bonds is 4. The predicted octanol–water partition coefficient (Wildman–Crippen LogP) is 0.620. The first-order valence-corrected chi connectivity index (χ1v) is 6.61. The summed E-state index contributed by atoms with van der Waals surface area (Å²) in [6, 6.07) is 11.2. The van der Waals surface area contributed by atoms with Crippen LogP contribution in [0.4, 0.5) is 0 Å². The highest BCUT2D eigenvalue weighted by Crippen LogP contribution is 2.04. The van der Waals surface area contributed by atoms with E-state index < -0.39 is 0 Å². The molecule has 0 saturated heterocycles. The minimum atomic E-state index is 0.0199. The van der Waals surface area contributed by atoms with Gasteiger partial charge in [-0.1, -0.05) is 29.7 Å². The van der Waals surface area contributed by atoms with Gasteiger partial charge in [-0.2, -0.15) is 0 Å². The molecule has 2 aromatic rings. The van der Waals surface area contributed by atoms with E-state index in [1.807, 2.05) is 31.1 Å². The van der Waals surface area contributed by atoms with Crippen molar-refractivity contribution < 1.29 is 9.36 Å². The number of likely N-dealkylation sites (N-methyl/N-ethyl adjacent to an activating group) is 1. The number of pyridine rings is 1. The molecule has 20 heavy (non-hydrogen) atoms. The van der Waals surface area contributed by atoms with Crippen LogP contribution in [0.25, 0.3) is 0 Å². The Kier molecular flexibility index (Phi) is 4.56. The molecule has 0 fully saturated rings. The van der Waals surface area contributed by atoms with Crippen LogP contribution in [0.1, 0.15) is 15.9 Å². The molecule has 0 bridgehead atoms. The van der Waals surface area contributed by atoms with Crippen molar-refractivity contribution in [2.45, 2.75) is 6.42 Å². The summed E-state index contributed by atoms with van der Waals surface area (Å²) in [7, 11) is 9.43. The average Bonchev–Trinajstić information content (AvgIpc) is 2.46. The number of amides is 1. The van der Waals surface area contributed by atoms with E-state index in [1.165, 1.54) is 5.56 Å². The van der Waals surface area contributed by atoms with Gasteiger partial charge in [0.05, 0.1) is 0 Å². The molecule has 100 valence electrons. The molecule has 1 aromatic heterocycles. The Labute approximate surface area is 121 Å². The van der Waals surface area contributed by atoms with Gasteiger partial charge in [0.2, 0.25) is 0 Å². The zero-order valence-corrected chi connectivity index (χ0v) is 11.9. The minimum Gasteiger partial charge on any atom is -0.341 e. The summed E-state index contributed by atoms with van der Waals surface area (Å²) in [4.78, 5) is 13.9. The summed E-state index contributed by atoms with van der Waals surface area (Å²) in [5.41, 5.74) is 2.56. The number of hydrogen-bond acceptors (Lipinski definition) is 1. The first kappa shape index (κ1) is 14.3. The van der Waals surface area contributed by atoms with Crippen LogP contribution in [0.2, 0.25) is 0 Å². The predicted molar refractivity (Wildman–Crippen MR) is 80.1 cm³/mol. The minimum absolute atomic E-state index is 0.0199. The molecule has 2 rings (SSSR count). The van der Waals surface area contributed by atoms with Gasteiger partial charge < -0.3 is 4.90 Å². The highest BCUT2D eigenvalue weighted by molar-refractivity contribution is 6.32. The third kappa shape index (κ3) is 3.70. The first-order valence-electron chi connectivity index (χ1n) is 6.61. The van der Waals surface area contributed by atoms with Crippen molar-refractivity contribution in [3.8, 4) is 0 Å². The molecule has 0 aliphatic rings. The van der Waals surface area contributed by atoms with Gasteiger partial charge in [-0.05, 0) is 12.0 Å². The second kappa shape index (κ2) is 6.37. The molecule has 0 aliphatic heterocycles. The van der Waals surface area contributed by atoms with Crippen LogP contribution in [0, 0.1) is 0 Å². The van der Waals surface area contributed by atoms with E-state index in [0.29, 0.717) is 17.6 Å². The van der Waals surface area contributed by atoms with Crippen molar-refractivity contribution in [2.75, 3.05) is 13.6 Å². The lowest BCUT2D eigenvalue weighted by Gasteiger charge is -2.17. The Bertz CT molecular complexity index is 578. The van der Waals surface area contributed by atoms with Gasteiger partial charge in [-0.3, -0.25) is 4.79 Å². The number of nitrogens with zero attached hydrogens (tertiary/aromatic N) is 2. The summed E-state index contributed by atoms with van der Waals surface area (Å²) >= 11 is 0. The number of carbonyl (C=O) groups excluding carboxylic acids is 1. The summed E-state index contributed by atoms with van der Waals surface area (Å²) in [5, 5.41) is 0. The molecular formula is C16H18BN2O+. The maximum absolute atomic E-state index is 12.2. The molecule has 2 radical (unpaired) electrons. The third-order valence-electron chi connectivity index (χ3n) is 3.29. The molecule has 0 N–H and O–H groups in total. The fraction of sp³-hybridized carbons (Fsp3) is 0.250. The number of aromatic nitrogens is 1. The van der Waals surface area contributed by atoms with Crippen molar-refractivity contribution >= 4 is 19.2 Å². The lowest BCUT2D eigenvalue weighted by Crippen LogP contribution is -2.30. The van der Waals surface area contributed by atoms with Crippen molar-refractivity contribution in [1.29, 1.82) is 0 Å². The number of hydrogen-bond donors (Lipinski definition) is 0. The molecule has 0 spiro atoms. The van der Waals surface area contributed by atoms with Crippen LogP contribution in [0.3, 0.4) is 0 Å². The molecule has 1 amide bonds. The van der Waals surface area contributed by atoms with E-state index in [9.17, 15) is 4.79 Å². The van der Waals surface area contributed by atoms with Crippen molar-refractivity contribution in [3.05, 3.63) is 59.9 Å². The van der Waals surface area contributed by atoms with Gasteiger partial charge in [0.15, 0.2) is 12.4 Å². The first-order chi connectivity index (χ1) is 9.56. The molecule has 1 aromatic carbocycles. The Morgan fingerprint density at radius 2 is 1.75 bits per heavy atom. The summed E-state index contributed by atoms with van der Waals surface area (Å²) in [6.45, 7) is 0.691. The Hall–Kier alpha value is -2.10. The van der Waals surface area contributed by atoms with Crippen LogP contribution in [-0.4, -0.2) is 32.2 Å². The van der Waals surface area contributed by atoms with E-state index in [1.54, 1.807) is 29.2 Å². The van der Waals surface area contributed by atoms with Crippen LogP contribution in [0.15, 0.2) is 48.8 Å².